The number of nitrogens with zero attached hydrogens (tertiary/aromatic N) is 3. The van der Waals surface area contributed by atoms with Gasteiger partial charge in [0.25, 0.3) is 11.5 Å². The quantitative estimate of drug-likeness (QED) is 0.199. The average Bonchev–Trinajstić information content (AvgIpc) is 3.47. The molecule has 1 saturated heterocycles. The van der Waals surface area contributed by atoms with Gasteiger partial charge in [0.2, 0.25) is 0 Å². The molecule has 0 bridgehead atoms. The van der Waals surface area contributed by atoms with E-state index in [1.807, 2.05) is 45.2 Å². The lowest BCUT2D eigenvalue weighted by Gasteiger charge is -2.43. The molecule has 0 unspecified atom stereocenters. The van der Waals surface area contributed by atoms with Gasteiger partial charge in [0.15, 0.2) is 0 Å². The molecule has 0 atom stereocenters. The van der Waals surface area contributed by atoms with Gasteiger partial charge in [0.05, 0.1) is 22.5 Å². The first kappa shape index (κ1) is 31.2. The SMILES string of the molecule is CCc1cccc(CC)c1-n1c(CC(C)C)c(C(=O)N2CCCCC2(C)C)cc(-c2nc(-c3ccc(Cl)cc3)cs2)c1=O. The Labute approximate surface area is 264 Å². The standard InChI is InChI=1S/C36H42ClN3O2S/c1-7-24-12-11-13-25(8-2)32(24)40-31(20-23(3)4)28(34(41)39-19-10-9-18-36(39,5)6)21-29(35(40)42)33-38-30(22-43-33)26-14-16-27(37)17-15-26/h11-17,21-23H,7-10,18-20H2,1-6H3. The molecule has 1 aliphatic heterocycles. The summed E-state index contributed by atoms with van der Waals surface area (Å²) in [6.07, 6.45) is 5.22. The van der Waals surface area contributed by atoms with Crippen molar-refractivity contribution in [3.63, 3.8) is 0 Å². The van der Waals surface area contributed by atoms with Crippen LogP contribution in [0, 0.1) is 5.92 Å². The number of hydrogen-bond donors (Lipinski definition) is 0. The third-order valence-electron chi connectivity index (χ3n) is 8.59. The molecule has 0 spiro atoms. The van der Waals surface area contributed by atoms with Gasteiger partial charge in [-0.2, -0.15) is 0 Å². The Balaban J connectivity index is 1.82. The van der Waals surface area contributed by atoms with Crippen LogP contribution in [0.5, 0.6) is 0 Å². The zero-order chi connectivity index (χ0) is 30.9. The van der Waals surface area contributed by atoms with Crippen LogP contribution in [0.15, 0.2) is 58.7 Å². The van der Waals surface area contributed by atoms with Crippen LogP contribution in [0.2, 0.25) is 5.02 Å². The number of thiazole rings is 1. The minimum atomic E-state index is -0.260. The van der Waals surface area contributed by atoms with Crippen molar-refractivity contribution in [1.29, 1.82) is 0 Å². The maximum atomic E-state index is 14.8. The van der Waals surface area contributed by atoms with E-state index in [1.165, 1.54) is 11.3 Å². The van der Waals surface area contributed by atoms with Gasteiger partial charge in [-0.15, -0.1) is 11.3 Å². The number of carbonyl (C=O) groups is 1. The molecular weight excluding hydrogens is 574 g/mol. The Hall–Kier alpha value is -3.22. The molecule has 4 aromatic rings. The van der Waals surface area contributed by atoms with E-state index in [0.29, 0.717) is 34.1 Å². The Bertz CT molecular complexity index is 1660. The van der Waals surface area contributed by atoms with Crippen molar-refractivity contribution >= 4 is 28.8 Å². The van der Waals surface area contributed by atoms with Gasteiger partial charge < -0.3 is 4.90 Å². The highest BCUT2D eigenvalue weighted by molar-refractivity contribution is 7.13. The topological polar surface area (TPSA) is 55.2 Å². The minimum absolute atomic E-state index is 0.00291. The molecule has 43 heavy (non-hydrogen) atoms. The fourth-order valence-electron chi connectivity index (χ4n) is 6.26. The summed E-state index contributed by atoms with van der Waals surface area (Å²) in [6, 6.07) is 15.7. The molecule has 1 amide bonds. The average molecular weight is 616 g/mol. The second kappa shape index (κ2) is 12.8. The van der Waals surface area contributed by atoms with E-state index >= 15 is 0 Å². The van der Waals surface area contributed by atoms with E-state index in [4.69, 9.17) is 16.6 Å². The molecule has 0 saturated carbocycles. The summed E-state index contributed by atoms with van der Waals surface area (Å²) < 4.78 is 1.88. The molecule has 7 heteroatoms. The van der Waals surface area contributed by atoms with E-state index in [2.05, 4.69) is 59.7 Å². The molecule has 2 aromatic heterocycles. The predicted molar refractivity (Wildman–Crippen MR) is 180 cm³/mol. The minimum Gasteiger partial charge on any atom is -0.333 e. The third-order valence-corrected chi connectivity index (χ3v) is 9.72. The molecule has 1 aliphatic rings. The fraction of sp³-hybridized carbons (Fsp3) is 0.417. The normalized spacial score (nSPS) is 14.8. The highest BCUT2D eigenvalue weighted by Gasteiger charge is 2.36. The van der Waals surface area contributed by atoms with Crippen LogP contribution in [0.1, 0.15) is 88.0 Å². The number of para-hydroxylation sites is 1. The number of rotatable bonds is 8. The van der Waals surface area contributed by atoms with Gasteiger partial charge in [-0.1, -0.05) is 69.6 Å². The zero-order valence-electron chi connectivity index (χ0n) is 26.2. The molecule has 0 N–H and O–H groups in total. The first-order chi connectivity index (χ1) is 20.6. The molecule has 5 nitrogen and oxygen atoms in total. The van der Waals surface area contributed by atoms with Gasteiger partial charge >= 0.3 is 0 Å². The van der Waals surface area contributed by atoms with Gasteiger partial charge in [-0.3, -0.25) is 14.2 Å². The maximum Gasteiger partial charge on any atom is 0.265 e. The first-order valence-electron chi connectivity index (χ1n) is 15.5. The first-order valence-corrected chi connectivity index (χ1v) is 16.7. The van der Waals surface area contributed by atoms with Crippen LogP contribution < -0.4 is 5.56 Å². The summed E-state index contributed by atoms with van der Waals surface area (Å²) in [5.74, 6) is 0.240. The second-order valence-electron chi connectivity index (χ2n) is 12.6. The number of likely N-dealkylation sites (tertiary alicyclic amines) is 1. The van der Waals surface area contributed by atoms with E-state index in [1.54, 1.807) is 0 Å². The molecule has 3 heterocycles. The van der Waals surface area contributed by atoms with Crippen molar-refractivity contribution in [1.82, 2.24) is 14.5 Å². The molecule has 0 radical (unpaired) electrons. The molecule has 226 valence electrons. The lowest BCUT2D eigenvalue weighted by Crippen LogP contribution is -2.51. The smallest absolute Gasteiger partial charge is 0.265 e. The van der Waals surface area contributed by atoms with Crippen molar-refractivity contribution in [2.75, 3.05) is 6.54 Å². The Morgan fingerprint density at radius 2 is 1.72 bits per heavy atom. The number of aryl methyl sites for hydroxylation is 2. The van der Waals surface area contributed by atoms with Crippen molar-refractivity contribution in [2.45, 2.75) is 85.6 Å². The number of aromatic nitrogens is 2. The number of hydrogen-bond acceptors (Lipinski definition) is 4. The highest BCUT2D eigenvalue weighted by Crippen LogP contribution is 2.34. The number of benzene rings is 2. The van der Waals surface area contributed by atoms with Crippen LogP contribution in [0.4, 0.5) is 0 Å². The Morgan fingerprint density at radius 3 is 2.33 bits per heavy atom. The van der Waals surface area contributed by atoms with Crippen LogP contribution in [-0.2, 0) is 19.3 Å². The van der Waals surface area contributed by atoms with Crippen molar-refractivity contribution < 1.29 is 4.79 Å². The summed E-state index contributed by atoms with van der Waals surface area (Å²) in [4.78, 5) is 36.4. The van der Waals surface area contributed by atoms with Crippen LogP contribution in [0.25, 0.3) is 27.5 Å². The summed E-state index contributed by atoms with van der Waals surface area (Å²) in [6.45, 7) is 13.6. The number of amides is 1. The Morgan fingerprint density at radius 1 is 1.05 bits per heavy atom. The molecule has 5 rings (SSSR count). The van der Waals surface area contributed by atoms with E-state index < -0.39 is 0 Å². The van der Waals surface area contributed by atoms with Crippen molar-refractivity contribution in [3.8, 4) is 27.5 Å². The number of carbonyl (C=O) groups excluding carboxylic acids is 1. The second-order valence-corrected chi connectivity index (χ2v) is 13.9. The number of halogens is 1. The number of pyridine rings is 1. The number of piperidine rings is 1. The van der Waals surface area contributed by atoms with Crippen molar-refractivity contribution in [2.24, 2.45) is 5.92 Å². The molecule has 1 fully saturated rings. The third kappa shape index (κ3) is 6.23. The van der Waals surface area contributed by atoms with Crippen LogP contribution in [-0.4, -0.2) is 32.4 Å². The zero-order valence-corrected chi connectivity index (χ0v) is 27.7. The van der Waals surface area contributed by atoms with Gasteiger partial charge in [-0.05, 0) is 87.6 Å². The summed E-state index contributed by atoms with van der Waals surface area (Å²) in [5.41, 5.74) is 6.29. The van der Waals surface area contributed by atoms with Crippen LogP contribution >= 0.6 is 22.9 Å². The predicted octanol–water partition coefficient (Wildman–Crippen LogP) is 9.01. The van der Waals surface area contributed by atoms with Gasteiger partial charge in [0, 0.05) is 33.7 Å². The highest BCUT2D eigenvalue weighted by atomic mass is 35.5. The summed E-state index contributed by atoms with van der Waals surface area (Å²) in [5, 5.41) is 3.24. The Kier molecular flexibility index (Phi) is 9.29. The largest absolute Gasteiger partial charge is 0.333 e. The monoisotopic (exact) mass is 615 g/mol. The van der Waals surface area contributed by atoms with E-state index in [-0.39, 0.29) is 22.9 Å². The summed E-state index contributed by atoms with van der Waals surface area (Å²) >= 11 is 7.56. The van der Waals surface area contributed by atoms with Gasteiger partial charge in [-0.25, -0.2) is 4.98 Å². The molecule has 2 aromatic carbocycles. The van der Waals surface area contributed by atoms with E-state index in [9.17, 15) is 9.59 Å². The van der Waals surface area contributed by atoms with E-state index in [0.717, 1.165) is 65.9 Å². The fourth-order valence-corrected chi connectivity index (χ4v) is 7.22. The van der Waals surface area contributed by atoms with Gasteiger partial charge in [0.1, 0.15) is 5.01 Å². The maximum absolute atomic E-state index is 14.8. The lowest BCUT2D eigenvalue weighted by atomic mass is 9.89. The molecular formula is C36H42ClN3O2S. The summed E-state index contributed by atoms with van der Waals surface area (Å²) in [7, 11) is 0. The van der Waals surface area contributed by atoms with Crippen LogP contribution in [0.3, 0.4) is 0 Å². The molecule has 0 aliphatic carbocycles. The lowest BCUT2D eigenvalue weighted by molar-refractivity contribution is 0.0431. The van der Waals surface area contributed by atoms with Crippen molar-refractivity contribution in [3.05, 3.63) is 91.7 Å².